The van der Waals surface area contributed by atoms with E-state index in [9.17, 15) is 0 Å². The van der Waals surface area contributed by atoms with Crippen LogP contribution in [0.2, 0.25) is 0 Å². The second-order valence-corrected chi connectivity index (χ2v) is 5.17. The van der Waals surface area contributed by atoms with E-state index < -0.39 is 0 Å². The number of nitrogens with zero attached hydrogens (tertiary/aromatic N) is 1. The van der Waals surface area contributed by atoms with Gasteiger partial charge in [-0.25, -0.2) is 4.98 Å². The Bertz CT molecular complexity index is 558. The lowest BCUT2D eigenvalue weighted by Gasteiger charge is -2.09. The smallest absolute Gasteiger partial charge is 0.132 e. The van der Waals surface area contributed by atoms with Gasteiger partial charge in [0, 0.05) is 23.3 Å². The van der Waals surface area contributed by atoms with Crippen molar-refractivity contribution in [3.63, 3.8) is 0 Å². The maximum atomic E-state index is 5.83. The molecule has 0 radical (unpaired) electrons. The Balaban J connectivity index is 2.11. The van der Waals surface area contributed by atoms with Gasteiger partial charge in [-0.3, -0.25) is 0 Å². The first kappa shape index (κ1) is 13.9. The lowest BCUT2D eigenvalue weighted by molar-refractivity contribution is 0.481. The van der Waals surface area contributed by atoms with Gasteiger partial charge in [0.15, 0.2) is 0 Å². The standard InChI is InChI=1S/C15H17BrN2O/c1-3-7-17-15-10-13(6-8-18-15)19-12-4-5-14(16)11(2)9-12/h4-6,8-10H,3,7H2,1-2H3,(H,17,18). The van der Waals surface area contributed by atoms with Crippen molar-refractivity contribution in [1.82, 2.24) is 4.98 Å². The van der Waals surface area contributed by atoms with Crippen LogP contribution in [-0.2, 0) is 0 Å². The van der Waals surface area contributed by atoms with E-state index in [1.165, 1.54) is 0 Å². The number of pyridine rings is 1. The minimum atomic E-state index is 0.787. The van der Waals surface area contributed by atoms with Gasteiger partial charge in [-0.05, 0) is 43.2 Å². The molecule has 2 rings (SSSR count). The molecule has 0 unspecified atom stereocenters. The maximum absolute atomic E-state index is 5.83. The Hall–Kier alpha value is -1.55. The van der Waals surface area contributed by atoms with Gasteiger partial charge in [0.1, 0.15) is 17.3 Å². The molecule has 1 N–H and O–H groups in total. The number of hydrogen-bond donors (Lipinski definition) is 1. The van der Waals surface area contributed by atoms with Gasteiger partial charge >= 0.3 is 0 Å². The minimum absolute atomic E-state index is 0.787. The number of aryl methyl sites for hydroxylation is 1. The molecule has 0 amide bonds. The third kappa shape index (κ3) is 3.96. The minimum Gasteiger partial charge on any atom is -0.457 e. The lowest BCUT2D eigenvalue weighted by Crippen LogP contribution is -2.01. The van der Waals surface area contributed by atoms with Crippen LogP contribution in [-0.4, -0.2) is 11.5 Å². The topological polar surface area (TPSA) is 34.1 Å². The molecule has 1 heterocycles. The Morgan fingerprint density at radius 1 is 1.21 bits per heavy atom. The Morgan fingerprint density at radius 3 is 2.74 bits per heavy atom. The highest BCUT2D eigenvalue weighted by Gasteiger charge is 2.02. The molecule has 0 aliphatic heterocycles. The van der Waals surface area contributed by atoms with Gasteiger partial charge in [-0.1, -0.05) is 22.9 Å². The number of halogens is 1. The predicted molar refractivity (Wildman–Crippen MR) is 82.0 cm³/mol. The normalized spacial score (nSPS) is 10.3. The summed E-state index contributed by atoms with van der Waals surface area (Å²) in [6, 6.07) is 9.70. The number of aromatic nitrogens is 1. The van der Waals surface area contributed by atoms with E-state index >= 15 is 0 Å². The number of nitrogens with one attached hydrogen (secondary N) is 1. The predicted octanol–water partition coefficient (Wildman–Crippen LogP) is 4.77. The zero-order chi connectivity index (χ0) is 13.7. The highest BCUT2D eigenvalue weighted by Crippen LogP contribution is 2.26. The summed E-state index contributed by atoms with van der Waals surface area (Å²) in [6.45, 7) is 5.07. The molecule has 4 heteroatoms. The monoisotopic (exact) mass is 320 g/mol. The molecule has 1 aromatic heterocycles. The molecule has 0 spiro atoms. The number of rotatable bonds is 5. The fourth-order valence-corrected chi connectivity index (χ4v) is 1.89. The van der Waals surface area contributed by atoms with Gasteiger partial charge in [0.05, 0.1) is 0 Å². The molecule has 0 bridgehead atoms. The number of benzene rings is 1. The molecule has 1 aromatic carbocycles. The summed E-state index contributed by atoms with van der Waals surface area (Å²) in [5.74, 6) is 2.46. The molecule has 0 aliphatic rings. The van der Waals surface area contributed by atoms with Crippen LogP contribution in [0.25, 0.3) is 0 Å². The summed E-state index contributed by atoms with van der Waals surface area (Å²) in [4.78, 5) is 4.25. The van der Waals surface area contributed by atoms with Crippen LogP contribution in [0.5, 0.6) is 11.5 Å². The Kier molecular flexibility index (Phi) is 4.80. The average molecular weight is 321 g/mol. The molecule has 2 aromatic rings. The van der Waals surface area contributed by atoms with Crippen LogP contribution < -0.4 is 10.1 Å². The van der Waals surface area contributed by atoms with Crippen LogP contribution in [0, 0.1) is 6.92 Å². The van der Waals surface area contributed by atoms with Crippen LogP contribution in [0.4, 0.5) is 5.82 Å². The summed E-state index contributed by atoms with van der Waals surface area (Å²) in [6.07, 6.45) is 2.82. The van der Waals surface area contributed by atoms with Crippen molar-refractivity contribution in [2.75, 3.05) is 11.9 Å². The van der Waals surface area contributed by atoms with E-state index in [1.807, 2.05) is 37.3 Å². The summed E-state index contributed by atoms with van der Waals surface area (Å²) in [5.41, 5.74) is 1.15. The Morgan fingerprint density at radius 2 is 2.00 bits per heavy atom. The van der Waals surface area contributed by atoms with E-state index in [4.69, 9.17) is 4.74 Å². The zero-order valence-electron chi connectivity index (χ0n) is 11.1. The van der Waals surface area contributed by atoms with Crippen LogP contribution in [0.1, 0.15) is 18.9 Å². The third-order valence-corrected chi connectivity index (χ3v) is 3.54. The third-order valence-electron chi connectivity index (χ3n) is 2.65. The highest BCUT2D eigenvalue weighted by molar-refractivity contribution is 9.10. The van der Waals surface area contributed by atoms with Crippen molar-refractivity contribution in [1.29, 1.82) is 0 Å². The molecular formula is C15H17BrN2O. The van der Waals surface area contributed by atoms with E-state index in [2.05, 4.69) is 33.2 Å². The number of ether oxygens (including phenoxy) is 1. The molecule has 0 fully saturated rings. The SMILES string of the molecule is CCCNc1cc(Oc2ccc(Br)c(C)c2)ccn1. The van der Waals surface area contributed by atoms with Gasteiger partial charge in [-0.2, -0.15) is 0 Å². The summed E-state index contributed by atoms with van der Waals surface area (Å²) >= 11 is 3.48. The summed E-state index contributed by atoms with van der Waals surface area (Å²) < 4.78 is 6.92. The first-order valence-electron chi connectivity index (χ1n) is 6.33. The maximum Gasteiger partial charge on any atom is 0.132 e. The molecule has 19 heavy (non-hydrogen) atoms. The van der Waals surface area contributed by atoms with Gasteiger partial charge in [0.25, 0.3) is 0 Å². The van der Waals surface area contributed by atoms with Crippen molar-refractivity contribution < 1.29 is 4.74 Å². The molecule has 0 saturated carbocycles. The first-order chi connectivity index (χ1) is 9.19. The zero-order valence-corrected chi connectivity index (χ0v) is 12.7. The van der Waals surface area contributed by atoms with Crippen molar-refractivity contribution in [2.24, 2.45) is 0 Å². The van der Waals surface area contributed by atoms with Crippen LogP contribution >= 0.6 is 15.9 Å². The molecule has 3 nitrogen and oxygen atoms in total. The van der Waals surface area contributed by atoms with Gasteiger partial charge in [0.2, 0.25) is 0 Å². The Labute approximate surface area is 122 Å². The fourth-order valence-electron chi connectivity index (χ4n) is 1.64. The molecular weight excluding hydrogens is 304 g/mol. The van der Waals surface area contributed by atoms with Gasteiger partial charge in [-0.15, -0.1) is 0 Å². The van der Waals surface area contributed by atoms with E-state index in [-0.39, 0.29) is 0 Å². The fraction of sp³-hybridized carbons (Fsp3) is 0.267. The number of hydrogen-bond acceptors (Lipinski definition) is 3. The van der Waals surface area contributed by atoms with Crippen molar-refractivity contribution >= 4 is 21.7 Å². The average Bonchev–Trinajstić information content (AvgIpc) is 2.41. The largest absolute Gasteiger partial charge is 0.457 e. The van der Waals surface area contributed by atoms with Crippen molar-refractivity contribution in [3.05, 3.63) is 46.6 Å². The summed E-state index contributed by atoms with van der Waals surface area (Å²) in [7, 11) is 0. The highest BCUT2D eigenvalue weighted by atomic mass is 79.9. The number of anilines is 1. The van der Waals surface area contributed by atoms with Crippen LogP contribution in [0.3, 0.4) is 0 Å². The van der Waals surface area contributed by atoms with E-state index in [0.717, 1.165) is 40.3 Å². The molecule has 0 saturated heterocycles. The van der Waals surface area contributed by atoms with Crippen molar-refractivity contribution in [3.8, 4) is 11.5 Å². The van der Waals surface area contributed by atoms with E-state index in [1.54, 1.807) is 6.20 Å². The van der Waals surface area contributed by atoms with E-state index in [0.29, 0.717) is 0 Å². The first-order valence-corrected chi connectivity index (χ1v) is 7.12. The lowest BCUT2D eigenvalue weighted by atomic mass is 10.2. The second kappa shape index (κ2) is 6.57. The quantitative estimate of drug-likeness (QED) is 0.861. The second-order valence-electron chi connectivity index (χ2n) is 4.32. The van der Waals surface area contributed by atoms with Gasteiger partial charge < -0.3 is 10.1 Å². The summed E-state index contributed by atoms with van der Waals surface area (Å²) in [5, 5.41) is 3.24. The molecule has 0 atom stereocenters. The molecule has 100 valence electrons. The van der Waals surface area contributed by atoms with Crippen LogP contribution in [0.15, 0.2) is 41.0 Å². The molecule has 0 aliphatic carbocycles. The van der Waals surface area contributed by atoms with Crippen molar-refractivity contribution in [2.45, 2.75) is 20.3 Å².